The van der Waals surface area contributed by atoms with Gasteiger partial charge in [-0.3, -0.25) is 4.79 Å². The van der Waals surface area contributed by atoms with Crippen molar-refractivity contribution in [2.24, 2.45) is 0 Å². The second kappa shape index (κ2) is 4.62. The summed E-state index contributed by atoms with van der Waals surface area (Å²) in [5, 5.41) is 3.85. The minimum absolute atomic E-state index is 0.0892. The molecule has 2 rings (SSSR count). The first-order valence-corrected chi connectivity index (χ1v) is 6.07. The Hall–Kier alpha value is -1.09. The number of alkyl halides is 1. The van der Waals surface area contributed by atoms with Crippen LogP contribution >= 0.6 is 15.9 Å². The predicted octanol–water partition coefficient (Wildman–Crippen LogP) is 2.98. The zero-order valence-corrected chi connectivity index (χ0v) is 9.88. The van der Waals surface area contributed by atoms with Gasteiger partial charge < -0.3 is 5.32 Å². The first-order chi connectivity index (χ1) is 7.31. The van der Waals surface area contributed by atoms with Gasteiger partial charge in [0.1, 0.15) is 0 Å². The largest absolute Gasteiger partial charge is 0.325 e. The number of allylic oxidation sites excluding steroid dienone is 1. The van der Waals surface area contributed by atoms with Crippen LogP contribution in [0.25, 0.3) is 6.08 Å². The lowest BCUT2D eigenvalue weighted by Crippen LogP contribution is -2.04. The topological polar surface area (TPSA) is 29.1 Å². The van der Waals surface area contributed by atoms with Crippen molar-refractivity contribution >= 4 is 33.6 Å². The van der Waals surface area contributed by atoms with Crippen LogP contribution in [0.5, 0.6) is 0 Å². The fourth-order valence-electron chi connectivity index (χ4n) is 1.69. The molecule has 78 valence electrons. The third kappa shape index (κ3) is 2.29. The number of nitrogens with one attached hydrogen (secondary N) is 1. The highest BCUT2D eigenvalue weighted by Gasteiger charge is 2.18. The van der Waals surface area contributed by atoms with Crippen molar-refractivity contribution in [2.45, 2.75) is 12.8 Å². The number of hydrogen-bond donors (Lipinski definition) is 1. The van der Waals surface area contributed by atoms with E-state index in [2.05, 4.69) is 33.4 Å². The highest BCUT2D eigenvalue weighted by atomic mass is 79.9. The van der Waals surface area contributed by atoms with Gasteiger partial charge in [0.15, 0.2) is 0 Å². The van der Waals surface area contributed by atoms with Crippen molar-refractivity contribution in [1.82, 2.24) is 0 Å². The highest BCUT2D eigenvalue weighted by molar-refractivity contribution is 9.09. The van der Waals surface area contributed by atoms with Gasteiger partial charge in [0.05, 0.1) is 12.1 Å². The van der Waals surface area contributed by atoms with E-state index in [9.17, 15) is 4.79 Å². The summed E-state index contributed by atoms with van der Waals surface area (Å²) in [5.74, 6) is 0.0892. The minimum atomic E-state index is 0.0892. The predicted molar refractivity (Wildman–Crippen MR) is 66.2 cm³/mol. The number of rotatable bonds is 3. The summed E-state index contributed by atoms with van der Waals surface area (Å²) in [4.78, 5) is 11.2. The second-order valence-electron chi connectivity index (χ2n) is 3.49. The molecule has 1 aromatic rings. The first-order valence-electron chi connectivity index (χ1n) is 4.95. The van der Waals surface area contributed by atoms with E-state index in [0.29, 0.717) is 6.42 Å². The number of benzene rings is 1. The van der Waals surface area contributed by atoms with E-state index < -0.39 is 0 Å². The normalized spacial score (nSPS) is 14.3. The van der Waals surface area contributed by atoms with Crippen LogP contribution in [0, 0.1) is 0 Å². The molecule has 0 saturated carbocycles. The third-order valence-electron chi connectivity index (χ3n) is 2.37. The maximum atomic E-state index is 11.2. The summed E-state index contributed by atoms with van der Waals surface area (Å²) in [6, 6.07) is 6.01. The molecule has 0 radical (unpaired) electrons. The van der Waals surface area contributed by atoms with Crippen LogP contribution in [0.3, 0.4) is 0 Å². The summed E-state index contributed by atoms with van der Waals surface area (Å²) in [5.41, 5.74) is 3.17. The molecule has 1 amide bonds. The van der Waals surface area contributed by atoms with Crippen molar-refractivity contribution in [2.75, 3.05) is 10.6 Å². The van der Waals surface area contributed by atoms with Gasteiger partial charge in [-0.1, -0.05) is 46.3 Å². The second-order valence-corrected chi connectivity index (χ2v) is 4.28. The molecule has 1 N–H and O–H groups in total. The molecule has 0 aromatic heterocycles. The molecule has 0 bridgehead atoms. The van der Waals surface area contributed by atoms with Crippen LogP contribution in [-0.2, 0) is 11.2 Å². The van der Waals surface area contributed by atoms with Crippen molar-refractivity contribution < 1.29 is 4.79 Å². The Morgan fingerprint density at radius 2 is 2.33 bits per heavy atom. The molecule has 0 spiro atoms. The van der Waals surface area contributed by atoms with Crippen LogP contribution in [0.15, 0.2) is 24.3 Å². The Morgan fingerprint density at radius 1 is 1.47 bits per heavy atom. The van der Waals surface area contributed by atoms with Gasteiger partial charge in [-0.25, -0.2) is 0 Å². The van der Waals surface area contributed by atoms with Gasteiger partial charge in [0.25, 0.3) is 0 Å². The fraction of sp³-hybridized carbons (Fsp3) is 0.250. The van der Waals surface area contributed by atoms with Gasteiger partial charge in [0, 0.05) is 5.33 Å². The molecule has 0 aliphatic carbocycles. The molecular formula is C12H12BrNO. The number of anilines is 1. The standard InChI is InChI=1S/C12H12BrNO/c13-7-2-1-4-9-5-3-6-10-8-11(15)14-12(9)10/h1,3-6H,2,7-8H2,(H,14,15). The van der Waals surface area contributed by atoms with Crippen molar-refractivity contribution in [3.8, 4) is 0 Å². The fourth-order valence-corrected chi connectivity index (χ4v) is 1.95. The van der Waals surface area contributed by atoms with Crippen molar-refractivity contribution in [3.05, 3.63) is 35.4 Å². The van der Waals surface area contributed by atoms with E-state index in [1.165, 1.54) is 0 Å². The minimum Gasteiger partial charge on any atom is -0.325 e. The molecule has 0 unspecified atom stereocenters. The van der Waals surface area contributed by atoms with E-state index in [1.54, 1.807) is 0 Å². The van der Waals surface area contributed by atoms with Crippen molar-refractivity contribution in [3.63, 3.8) is 0 Å². The quantitative estimate of drug-likeness (QED) is 0.837. The number of carbonyl (C=O) groups is 1. The molecule has 15 heavy (non-hydrogen) atoms. The smallest absolute Gasteiger partial charge is 0.228 e. The number of hydrogen-bond acceptors (Lipinski definition) is 1. The number of amides is 1. The average molecular weight is 266 g/mol. The van der Waals surface area contributed by atoms with E-state index in [-0.39, 0.29) is 5.91 Å². The van der Waals surface area contributed by atoms with Gasteiger partial charge in [-0.15, -0.1) is 0 Å². The Labute approximate surface area is 97.5 Å². The Kier molecular flexibility index (Phi) is 3.21. The molecule has 1 aliphatic rings. The van der Waals surface area contributed by atoms with Gasteiger partial charge in [0.2, 0.25) is 5.91 Å². The van der Waals surface area contributed by atoms with Crippen molar-refractivity contribution in [1.29, 1.82) is 0 Å². The summed E-state index contributed by atoms with van der Waals surface area (Å²) in [6.45, 7) is 0. The number of para-hydroxylation sites is 1. The maximum absolute atomic E-state index is 11.2. The summed E-state index contributed by atoms with van der Waals surface area (Å²) >= 11 is 3.37. The van der Waals surface area contributed by atoms with Gasteiger partial charge in [-0.2, -0.15) is 0 Å². The lowest BCUT2D eigenvalue weighted by Gasteiger charge is -2.02. The first kappa shape index (κ1) is 10.4. The Morgan fingerprint density at radius 3 is 3.13 bits per heavy atom. The lowest BCUT2D eigenvalue weighted by molar-refractivity contribution is -0.115. The summed E-state index contributed by atoms with van der Waals surface area (Å²) in [6.07, 6.45) is 5.67. The highest BCUT2D eigenvalue weighted by Crippen LogP contribution is 2.27. The molecule has 0 atom stereocenters. The van der Waals surface area contributed by atoms with Crippen LogP contribution in [0.1, 0.15) is 17.5 Å². The third-order valence-corrected chi connectivity index (χ3v) is 2.83. The lowest BCUT2D eigenvalue weighted by atomic mass is 10.1. The SMILES string of the molecule is O=C1Cc2cccc(C=CCCBr)c2N1. The number of halogens is 1. The maximum Gasteiger partial charge on any atom is 0.228 e. The molecule has 3 heteroatoms. The van der Waals surface area contributed by atoms with Crippen LogP contribution in [-0.4, -0.2) is 11.2 Å². The van der Waals surface area contributed by atoms with Gasteiger partial charge >= 0.3 is 0 Å². The molecule has 0 saturated heterocycles. The zero-order valence-electron chi connectivity index (χ0n) is 8.29. The molecular weight excluding hydrogens is 254 g/mol. The molecule has 1 heterocycles. The monoisotopic (exact) mass is 265 g/mol. The molecule has 0 fully saturated rings. The zero-order chi connectivity index (χ0) is 10.7. The van der Waals surface area contributed by atoms with Crippen LogP contribution < -0.4 is 5.32 Å². The Bertz CT molecular complexity index is 412. The molecule has 1 aliphatic heterocycles. The summed E-state index contributed by atoms with van der Waals surface area (Å²) < 4.78 is 0. The molecule has 1 aromatic carbocycles. The van der Waals surface area contributed by atoms with Crippen LogP contribution in [0.4, 0.5) is 5.69 Å². The van der Waals surface area contributed by atoms with E-state index in [0.717, 1.165) is 28.6 Å². The van der Waals surface area contributed by atoms with E-state index in [1.807, 2.05) is 18.2 Å². The summed E-state index contributed by atoms with van der Waals surface area (Å²) in [7, 11) is 0. The van der Waals surface area contributed by atoms with E-state index in [4.69, 9.17) is 0 Å². The number of carbonyl (C=O) groups excluding carboxylic acids is 1. The van der Waals surface area contributed by atoms with Gasteiger partial charge in [-0.05, 0) is 17.5 Å². The van der Waals surface area contributed by atoms with E-state index >= 15 is 0 Å². The van der Waals surface area contributed by atoms with Crippen LogP contribution in [0.2, 0.25) is 0 Å². The number of fused-ring (bicyclic) bond motifs is 1. The Balaban J connectivity index is 2.26. The molecule has 2 nitrogen and oxygen atoms in total. The average Bonchev–Trinajstić information content (AvgIpc) is 2.59.